The molecule has 0 radical (unpaired) electrons. The molecule has 1 aliphatic rings. The van der Waals surface area contributed by atoms with Gasteiger partial charge in [-0.3, -0.25) is 4.79 Å². The van der Waals surface area contributed by atoms with E-state index in [9.17, 15) is 4.79 Å². The van der Waals surface area contributed by atoms with E-state index in [1.807, 2.05) is 13.8 Å². The summed E-state index contributed by atoms with van der Waals surface area (Å²) in [6.07, 6.45) is 6.45. The van der Waals surface area contributed by atoms with Crippen molar-refractivity contribution in [2.24, 2.45) is 0 Å². The van der Waals surface area contributed by atoms with E-state index in [-0.39, 0.29) is 11.9 Å². The predicted molar refractivity (Wildman–Crippen MR) is 62.2 cm³/mol. The average Bonchev–Trinajstić information content (AvgIpc) is 2.83. The van der Waals surface area contributed by atoms with Gasteiger partial charge in [0.2, 0.25) is 5.91 Å². The summed E-state index contributed by atoms with van der Waals surface area (Å²) in [7, 11) is 0. The second-order valence-corrected chi connectivity index (χ2v) is 4.97. The molecule has 1 amide bonds. The first-order valence-corrected chi connectivity index (χ1v) is 6.19. The zero-order chi connectivity index (χ0) is 12.3. The highest BCUT2D eigenvalue weighted by atomic mass is 16.2. The van der Waals surface area contributed by atoms with Crippen LogP contribution in [0.5, 0.6) is 0 Å². The van der Waals surface area contributed by atoms with Crippen LogP contribution in [0.15, 0.2) is 6.33 Å². The van der Waals surface area contributed by atoms with Crippen LogP contribution in [0.3, 0.4) is 0 Å². The molecule has 1 aliphatic carbocycles. The summed E-state index contributed by atoms with van der Waals surface area (Å²) in [5, 5.41) is 14.2. The van der Waals surface area contributed by atoms with Gasteiger partial charge in [-0.2, -0.15) is 0 Å². The van der Waals surface area contributed by atoms with E-state index in [0.29, 0.717) is 0 Å². The summed E-state index contributed by atoms with van der Waals surface area (Å²) >= 11 is 0. The molecule has 2 rings (SSSR count). The molecule has 1 saturated carbocycles. The number of tetrazole rings is 1. The highest BCUT2D eigenvalue weighted by molar-refractivity contribution is 5.84. The van der Waals surface area contributed by atoms with Gasteiger partial charge in [0.1, 0.15) is 11.9 Å². The van der Waals surface area contributed by atoms with Crippen molar-refractivity contribution >= 4 is 5.91 Å². The van der Waals surface area contributed by atoms with Gasteiger partial charge in [0.05, 0.1) is 0 Å². The number of nitrogens with one attached hydrogen (secondary N) is 1. The predicted octanol–water partition coefficient (Wildman–Crippen LogP) is 0.857. The second-order valence-electron chi connectivity index (χ2n) is 4.97. The highest BCUT2D eigenvalue weighted by Gasteiger charge is 2.42. The minimum Gasteiger partial charge on any atom is -0.352 e. The molecule has 6 nitrogen and oxygen atoms in total. The van der Waals surface area contributed by atoms with E-state index >= 15 is 0 Å². The van der Waals surface area contributed by atoms with Crippen LogP contribution in [0.25, 0.3) is 0 Å². The van der Waals surface area contributed by atoms with E-state index in [0.717, 1.165) is 25.7 Å². The third-order valence-corrected chi connectivity index (χ3v) is 3.31. The summed E-state index contributed by atoms with van der Waals surface area (Å²) in [5.41, 5.74) is -0.577. The lowest BCUT2D eigenvalue weighted by atomic mass is 9.81. The first-order valence-electron chi connectivity index (χ1n) is 6.19. The van der Waals surface area contributed by atoms with Crippen LogP contribution >= 0.6 is 0 Å². The summed E-state index contributed by atoms with van der Waals surface area (Å²) in [6.45, 7) is 3.93. The molecule has 0 saturated heterocycles. The number of hydrogen-bond donors (Lipinski definition) is 1. The normalized spacial score (nSPS) is 19.2. The first-order chi connectivity index (χ1) is 8.15. The Balaban J connectivity index is 2.27. The lowest BCUT2D eigenvalue weighted by Gasteiger charge is -2.35. The lowest BCUT2D eigenvalue weighted by Crippen LogP contribution is -2.52. The van der Waals surface area contributed by atoms with Gasteiger partial charge in [-0.25, -0.2) is 4.68 Å². The molecule has 1 N–H and O–H groups in total. The van der Waals surface area contributed by atoms with Crippen LogP contribution < -0.4 is 5.32 Å². The fraction of sp³-hybridized carbons (Fsp3) is 0.818. The van der Waals surface area contributed by atoms with Crippen molar-refractivity contribution in [1.29, 1.82) is 0 Å². The number of aromatic nitrogens is 4. The molecule has 1 aromatic heterocycles. The van der Waals surface area contributed by atoms with Crippen molar-refractivity contribution in [3.8, 4) is 0 Å². The van der Waals surface area contributed by atoms with E-state index in [2.05, 4.69) is 20.8 Å². The fourth-order valence-electron chi connectivity index (χ4n) is 2.45. The summed E-state index contributed by atoms with van der Waals surface area (Å²) in [5.74, 6) is 0.0412. The van der Waals surface area contributed by atoms with E-state index in [4.69, 9.17) is 0 Å². The Morgan fingerprint density at radius 2 is 2.06 bits per heavy atom. The minimum atomic E-state index is -0.577. The molecule has 0 aliphatic heterocycles. The van der Waals surface area contributed by atoms with Crippen LogP contribution in [0, 0.1) is 0 Å². The van der Waals surface area contributed by atoms with Crippen LogP contribution in [-0.2, 0) is 10.3 Å². The monoisotopic (exact) mass is 237 g/mol. The number of carbonyl (C=O) groups excluding carboxylic acids is 1. The molecule has 1 fully saturated rings. The van der Waals surface area contributed by atoms with Crippen molar-refractivity contribution in [3.63, 3.8) is 0 Å². The van der Waals surface area contributed by atoms with Gasteiger partial charge in [-0.15, -0.1) is 5.10 Å². The van der Waals surface area contributed by atoms with E-state index in [1.165, 1.54) is 6.42 Å². The molecular weight excluding hydrogens is 218 g/mol. The van der Waals surface area contributed by atoms with Gasteiger partial charge in [-0.05, 0) is 37.1 Å². The smallest absolute Gasteiger partial charge is 0.248 e. The standard InChI is InChI=1S/C11H19N5O/c1-9(2)13-10(17)11(6-4-3-5-7-11)16-8-12-14-15-16/h8-9H,3-7H2,1-2H3,(H,13,17). The maximum atomic E-state index is 12.4. The number of carbonyl (C=O) groups is 1. The Morgan fingerprint density at radius 1 is 1.35 bits per heavy atom. The zero-order valence-corrected chi connectivity index (χ0v) is 10.4. The molecule has 17 heavy (non-hydrogen) atoms. The topological polar surface area (TPSA) is 72.7 Å². The maximum absolute atomic E-state index is 12.4. The first kappa shape index (κ1) is 12.0. The van der Waals surface area contributed by atoms with Crippen LogP contribution in [0.1, 0.15) is 46.0 Å². The number of hydrogen-bond acceptors (Lipinski definition) is 4. The van der Waals surface area contributed by atoms with Gasteiger partial charge < -0.3 is 5.32 Å². The third-order valence-electron chi connectivity index (χ3n) is 3.31. The number of amides is 1. The Bertz CT molecular complexity index is 367. The fourth-order valence-corrected chi connectivity index (χ4v) is 2.45. The summed E-state index contributed by atoms with van der Waals surface area (Å²) in [4.78, 5) is 12.4. The summed E-state index contributed by atoms with van der Waals surface area (Å²) < 4.78 is 1.63. The lowest BCUT2D eigenvalue weighted by molar-refractivity contribution is -0.133. The third kappa shape index (κ3) is 2.30. The Labute approximate surface area is 101 Å². The van der Waals surface area contributed by atoms with Crippen molar-refractivity contribution in [2.75, 3.05) is 0 Å². The SMILES string of the molecule is CC(C)NC(=O)C1(n2cnnn2)CCCCC1. The van der Waals surface area contributed by atoms with Crippen LogP contribution in [-0.4, -0.2) is 32.2 Å². The molecule has 6 heteroatoms. The molecule has 1 aromatic rings. The van der Waals surface area contributed by atoms with Crippen molar-refractivity contribution in [2.45, 2.75) is 57.5 Å². The molecule has 0 atom stereocenters. The van der Waals surface area contributed by atoms with Crippen LogP contribution in [0.4, 0.5) is 0 Å². The van der Waals surface area contributed by atoms with Gasteiger partial charge in [0.25, 0.3) is 0 Å². The quantitative estimate of drug-likeness (QED) is 0.846. The van der Waals surface area contributed by atoms with Gasteiger partial charge in [-0.1, -0.05) is 19.3 Å². The number of nitrogens with zero attached hydrogens (tertiary/aromatic N) is 4. The molecule has 0 aromatic carbocycles. The van der Waals surface area contributed by atoms with Crippen molar-refractivity contribution in [1.82, 2.24) is 25.5 Å². The van der Waals surface area contributed by atoms with Gasteiger partial charge in [0, 0.05) is 6.04 Å². The van der Waals surface area contributed by atoms with Gasteiger partial charge in [0.15, 0.2) is 0 Å². The van der Waals surface area contributed by atoms with Crippen molar-refractivity contribution in [3.05, 3.63) is 6.33 Å². The Kier molecular flexibility index (Phi) is 3.40. The minimum absolute atomic E-state index is 0.0412. The second kappa shape index (κ2) is 4.81. The van der Waals surface area contributed by atoms with Gasteiger partial charge >= 0.3 is 0 Å². The average molecular weight is 237 g/mol. The van der Waals surface area contributed by atoms with Crippen LogP contribution in [0.2, 0.25) is 0 Å². The zero-order valence-electron chi connectivity index (χ0n) is 10.4. The molecule has 0 unspecified atom stereocenters. The van der Waals surface area contributed by atoms with E-state index < -0.39 is 5.54 Å². The molecular formula is C11H19N5O. The highest BCUT2D eigenvalue weighted by Crippen LogP contribution is 2.34. The molecule has 0 spiro atoms. The molecule has 1 heterocycles. The Morgan fingerprint density at radius 3 is 2.59 bits per heavy atom. The maximum Gasteiger partial charge on any atom is 0.248 e. The summed E-state index contributed by atoms with van der Waals surface area (Å²) in [6, 6.07) is 0.137. The molecule has 0 bridgehead atoms. The Hall–Kier alpha value is -1.46. The molecule has 94 valence electrons. The van der Waals surface area contributed by atoms with E-state index in [1.54, 1.807) is 11.0 Å². The number of rotatable bonds is 3. The van der Waals surface area contributed by atoms with Crippen molar-refractivity contribution < 1.29 is 4.79 Å². The largest absolute Gasteiger partial charge is 0.352 e.